The van der Waals surface area contributed by atoms with E-state index in [2.05, 4.69) is 0 Å². The van der Waals surface area contributed by atoms with Crippen LogP contribution in [0.2, 0.25) is 0 Å². The van der Waals surface area contributed by atoms with Crippen LogP contribution in [0.1, 0.15) is 13.8 Å². The molecule has 2 heterocycles. The zero-order chi connectivity index (χ0) is 15.1. The Morgan fingerprint density at radius 3 is 2.60 bits per heavy atom. The monoisotopic (exact) mass is 299 g/mol. The predicted molar refractivity (Wildman–Crippen MR) is 71.6 cm³/mol. The molecule has 1 N–H and O–H groups in total. The molecule has 1 aliphatic heterocycles. The summed E-state index contributed by atoms with van der Waals surface area (Å²) >= 11 is 0.814. The number of nitrogens with zero attached hydrogens (tertiary/aromatic N) is 3. The molecule has 1 aromatic rings. The molecule has 0 spiro atoms. The van der Waals surface area contributed by atoms with E-state index in [0.717, 1.165) is 25.7 Å². The summed E-state index contributed by atoms with van der Waals surface area (Å²) in [7, 11) is 0. The number of hydrogen-bond acceptors (Lipinski definition) is 5. The summed E-state index contributed by atoms with van der Waals surface area (Å²) in [5.74, 6) is -1.36. The summed E-state index contributed by atoms with van der Waals surface area (Å²) in [5, 5.41) is 9.06. The van der Waals surface area contributed by atoms with Crippen molar-refractivity contribution in [1.29, 1.82) is 0 Å². The van der Waals surface area contributed by atoms with Gasteiger partial charge >= 0.3 is 17.3 Å². The lowest BCUT2D eigenvalue weighted by Crippen LogP contribution is -2.48. The number of thioether (sulfide) groups is 1. The molecule has 0 fully saturated rings. The van der Waals surface area contributed by atoms with E-state index in [-0.39, 0.29) is 17.5 Å². The molecule has 8 nitrogen and oxygen atoms in total. The third kappa shape index (κ3) is 2.03. The van der Waals surface area contributed by atoms with Gasteiger partial charge in [-0.1, -0.05) is 17.8 Å². The third-order valence-corrected chi connectivity index (χ3v) is 3.89. The largest absolute Gasteiger partial charge is 0.479 e. The fourth-order valence-electron chi connectivity index (χ4n) is 2.01. The van der Waals surface area contributed by atoms with Crippen molar-refractivity contribution >= 4 is 22.8 Å². The van der Waals surface area contributed by atoms with Crippen LogP contribution < -0.4 is 11.4 Å². The molecule has 0 aliphatic carbocycles. The summed E-state index contributed by atoms with van der Waals surface area (Å²) in [6.07, 6.45) is 2.90. The van der Waals surface area contributed by atoms with Gasteiger partial charge in [0.05, 0.1) is 12.4 Å². The van der Waals surface area contributed by atoms with Crippen molar-refractivity contribution in [2.45, 2.75) is 31.8 Å². The van der Waals surface area contributed by atoms with Crippen LogP contribution in [0, 0.1) is 0 Å². The van der Waals surface area contributed by atoms with Crippen molar-refractivity contribution in [2.75, 3.05) is 0 Å². The lowest BCUT2D eigenvalue weighted by molar-refractivity contribution is -0.145. The van der Waals surface area contributed by atoms with Crippen LogP contribution in [0.3, 0.4) is 0 Å². The van der Waals surface area contributed by atoms with Gasteiger partial charge in [0, 0.05) is 6.92 Å². The second-order valence-electron chi connectivity index (χ2n) is 4.51. The third-order valence-electron chi connectivity index (χ3n) is 3.10. The minimum absolute atomic E-state index is 0.120. The highest BCUT2D eigenvalue weighted by molar-refractivity contribution is 8.12. The summed E-state index contributed by atoms with van der Waals surface area (Å²) < 4.78 is 2.84. The minimum atomic E-state index is -1.61. The van der Waals surface area contributed by atoms with E-state index >= 15 is 0 Å². The molecule has 0 aromatic carbocycles. The van der Waals surface area contributed by atoms with Crippen LogP contribution in [-0.2, 0) is 27.5 Å². The quantitative estimate of drug-likeness (QED) is 0.749. The molecule has 0 bridgehead atoms. The van der Waals surface area contributed by atoms with Crippen molar-refractivity contribution < 1.29 is 14.7 Å². The fourth-order valence-corrected chi connectivity index (χ4v) is 2.55. The van der Waals surface area contributed by atoms with Gasteiger partial charge in [-0.25, -0.2) is 28.3 Å². The number of carboxylic acids is 1. The Morgan fingerprint density at radius 1 is 1.40 bits per heavy atom. The Morgan fingerprint density at radius 2 is 2.05 bits per heavy atom. The van der Waals surface area contributed by atoms with Crippen molar-refractivity contribution in [2.24, 2.45) is 0 Å². The number of carbonyl (C=O) groups is 2. The first kappa shape index (κ1) is 14.4. The van der Waals surface area contributed by atoms with E-state index in [4.69, 9.17) is 0 Å². The number of carbonyl (C=O) groups excluding carboxylic acids is 1. The maximum atomic E-state index is 12.3. The summed E-state index contributed by atoms with van der Waals surface area (Å²) in [4.78, 5) is 46.7. The number of rotatable bonds is 3. The highest BCUT2D eigenvalue weighted by atomic mass is 32.2. The SMILES string of the molecule is CC(=O)SCn1c(=O)n2n(c1=O)C(C)(C(=O)O)C=CC2. The van der Waals surface area contributed by atoms with E-state index in [1.807, 2.05) is 0 Å². The van der Waals surface area contributed by atoms with Crippen LogP contribution in [0.25, 0.3) is 0 Å². The van der Waals surface area contributed by atoms with Gasteiger partial charge in [0.2, 0.25) is 0 Å². The number of aliphatic carboxylic acids is 1. The molecule has 0 saturated carbocycles. The maximum absolute atomic E-state index is 12.3. The van der Waals surface area contributed by atoms with Crippen molar-refractivity contribution in [3.8, 4) is 0 Å². The highest BCUT2D eigenvalue weighted by Gasteiger charge is 2.39. The molecule has 108 valence electrons. The predicted octanol–water partition coefficient (Wildman–Crippen LogP) is -0.582. The van der Waals surface area contributed by atoms with Crippen molar-refractivity contribution in [3.05, 3.63) is 33.1 Å². The number of allylic oxidation sites excluding steroid dienone is 1. The highest BCUT2D eigenvalue weighted by Crippen LogP contribution is 2.19. The first-order valence-corrected chi connectivity index (χ1v) is 6.75. The average molecular weight is 299 g/mol. The van der Waals surface area contributed by atoms with Crippen molar-refractivity contribution in [3.63, 3.8) is 0 Å². The maximum Gasteiger partial charge on any atom is 0.349 e. The first-order chi connectivity index (χ1) is 9.29. The molecular formula is C11H13N3O5S. The lowest BCUT2D eigenvalue weighted by Gasteiger charge is -2.27. The second-order valence-corrected chi connectivity index (χ2v) is 5.63. The molecular weight excluding hydrogens is 286 g/mol. The van der Waals surface area contributed by atoms with Crippen LogP contribution in [-0.4, -0.2) is 30.1 Å². The molecule has 1 atom stereocenters. The van der Waals surface area contributed by atoms with E-state index in [9.17, 15) is 24.3 Å². The topological polar surface area (TPSA) is 103 Å². The van der Waals surface area contributed by atoms with Crippen molar-refractivity contribution in [1.82, 2.24) is 13.9 Å². The van der Waals surface area contributed by atoms with Gasteiger partial charge in [0.15, 0.2) is 10.7 Å². The number of carboxylic acid groups (broad SMARTS) is 1. The van der Waals surface area contributed by atoms with Gasteiger partial charge in [0.1, 0.15) is 0 Å². The minimum Gasteiger partial charge on any atom is -0.479 e. The molecule has 1 unspecified atom stereocenters. The second kappa shape index (κ2) is 4.82. The van der Waals surface area contributed by atoms with Gasteiger partial charge in [-0.15, -0.1) is 0 Å². The van der Waals surface area contributed by atoms with E-state index in [0.29, 0.717) is 0 Å². The summed E-state index contributed by atoms with van der Waals surface area (Å²) in [6, 6.07) is 0. The molecule has 2 rings (SSSR count). The molecule has 0 radical (unpaired) electrons. The molecule has 20 heavy (non-hydrogen) atoms. The molecule has 9 heteroatoms. The number of aromatic nitrogens is 3. The van der Waals surface area contributed by atoms with Gasteiger partial charge in [-0.05, 0) is 13.0 Å². The number of hydrogen-bond donors (Lipinski definition) is 1. The van der Waals surface area contributed by atoms with Gasteiger partial charge in [-0.3, -0.25) is 4.79 Å². The fraction of sp³-hybridized carbons (Fsp3) is 0.455. The van der Waals surface area contributed by atoms with Crippen LogP contribution in [0.5, 0.6) is 0 Å². The zero-order valence-corrected chi connectivity index (χ0v) is 11.7. The smallest absolute Gasteiger partial charge is 0.349 e. The lowest BCUT2D eigenvalue weighted by atomic mass is 10.0. The standard InChI is InChI=1S/C11H13N3O5S/c1-7(15)20-6-12-9(18)13-5-3-4-11(2,8(16)17)14(13)10(12)19/h3-4H,5-6H2,1-2H3,(H,16,17). The van der Waals surface area contributed by atoms with Gasteiger partial charge < -0.3 is 5.11 Å². The first-order valence-electron chi connectivity index (χ1n) is 5.76. The molecule has 0 saturated heterocycles. The normalized spacial score (nSPS) is 20.7. The van der Waals surface area contributed by atoms with E-state index in [1.54, 1.807) is 0 Å². The Bertz CT molecular complexity index is 725. The Labute approximate surface area is 117 Å². The average Bonchev–Trinajstić information content (AvgIpc) is 2.61. The number of fused-ring (bicyclic) bond motifs is 1. The van der Waals surface area contributed by atoms with Crippen LogP contribution in [0.15, 0.2) is 21.7 Å². The van der Waals surface area contributed by atoms with Gasteiger partial charge in [0.25, 0.3) is 0 Å². The van der Waals surface area contributed by atoms with Crippen LogP contribution >= 0.6 is 11.8 Å². The van der Waals surface area contributed by atoms with E-state index in [1.165, 1.54) is 26.0 Å². The Hall–Kier alpha value is -2.03. The van der Waals surface area contributed by atoms with Crippen LogP contribution in [0.4, 0.5) is 0 Å². The molecule has 1 aromatic heterocycles. The summed E-state index contributed by atoms with van der Waals surface area (Å²) in [6.45, 7) is 2.78. The zero-order valence-electron chi connectivity index (χ0n) is 10.9. The Kier molecular flexibility index (Phi) is 3.46. The molecule has 0 amide bonds. The van der Waals surface area contributed by atoms with Gasteiger partial charge in [-0.2, -0.15) is 0 Å². The van der Waals surface area contributed by atoms with E-state index < -0.39 is 22.9 Å². The molecule has 1 aliphatic rings. The summed E-state index contributed by atoms with van der Waals surface area (Å²) in [5.41, 5.74) is -2.97. The Balaban J connectivity index is 2.62.